The largest absolute Gasteiger partial charge is 0.472 e. The fourth-order valence-electron chi connectivity index (χ4n) is 10.2. The van der Waals surface area contributed by atoms with Crippen molar-refractivity contribution in [2.45, 2.75) is 349 Å². The number of allylic oxidation sites excluding steroid dienone is 4. The van der Waals surface area contributed by atoms with E-state index in [2.05, 4.69) is 72.8 Å². The first-order valence-corrected chi connectivity index (χ1v) is 39.2. The summed E-state index contributed by atoms with van der Waals surface area (Å²) in [6.45, 7) is 11.6. The van der Waals surface area contributed by atoms with E-state index in [-0.39, 0.29) is 25.7 Å². The van der Waals surface area contributed by atoms with Gasteiger partial charge in [-0.15, -0.1) is 0 Å². The van der Waals surface area contributed by atoms with Crippen LogP contribution < -0.4 is 0 Å². The highest BCUT2D eigenvalue weighted by molar-refractivity contribution is 7.47. The topological polar surface area (TPSA) is 237 Å². The highest BCUT2D eigenvalue weighted by Crippen LogP contribution is 2.45. The van der Waals surface area contributed by atoms with E-state index >= 15 is 0 Å². The van der Waals surface area contributed by atoms with E-state index in [4.69, 9.17) is 37.0 Å². The average molecular weight is 1320 g/mol. The lowest BCUT2D eigenvalue weighted by atomic mass is 10.0. The van der Waals surface area contributed by atoms with Gasteiger partial charge in [0.25, 0.3) is 0 Å². The fourth-order valence-corrected chi connectivity index (χ4v) is 11.8. The number of aliphatic hydroxyl groups excluding tert-OH is 1. The van der Waals surface area contributed by atoms with Crippen molar-refractivity contribution >= 4 is 39.5 Å². The molecule has 530 valence electrons. The molecule has 0 saturated carbocycles. The summed E-state index contributed by atoms with van der Waals surface area (Å²) in [5, 5.41) is 10.6. The Labute approximate surface area is 548 Å². The smallest absolute Gasteiger partial charge is 0.462 e. The molecule has 0 aromatic rings. The summed E-state index contributed by atoms with van der Waals surface area (Å²) in [6.07, 6.45) is 48.4. The highest BCUT2D eigenvalue weighted by Gasteiger charge is 2.30. The van der Waals surface area contributed by atoms with E-state index < -0.39 is 97.5 Å². The number of aliphatic hydroxyl groups is 1. The van der Waals surface area contributed by atoms with Crippen LogP contribution in [0.25, 0.3) is 0 Å². The minimum atomic E-state index is -4.96. The summed E-state index contributed by atoms with van der Waals surface area (Å²) in [5.74, 6) is -0.0129. The van der Waals surface area contributed by atoms with E-state index in [1.54, 1.807) is 0 Å². The SMILES string of the molecule is CCCCCC/C=C\C=C/CCCCCCCC(=O)O[C@H](COC(=O)CCCCCCCCC(C)C)COP(=O)(O)OC[C@H](O)COP(=O)(O)OC[C@@H](COC(=O)CCCCCCCCC(C)C)OC(=O)CCCCCCCCCCCCCCCCC(C)C. The van der Waals surface area contributed by atoms with Gasteiger partial charge >= 0.3 is 39.5 Å². The summed E-state index contributed by atoms with van der Waals surface area (Å²) in [4.78, 5) is 72.5. The number of phosphoric acid groups is 2. The third kappa shape index (κ3) is 64.3. The van der Waals surface area contributed by atoms with Gasteiger partial charge in [-0.1, -0.05) is 278 Å². The first kappa shape index (κ1) is 87.5. The Morgan fingerprint density at radius 2 is 0.600 bits per heavy atom. The molecule has 0 amide bonds. The molecule has 0 aromatic carbocycles. The monoisotopic (exact) mass is 1320 g/mol. The van der Waals surface area contributed by atoms with Crippen molar-refractivity contribution in [2.24, 2.45) is 17.8 Å². The molecule has 3 N–H and O–H groups in total. The lowest BCUT2D eigenvalue weighted by Crippen LogP contribution is -2.30. The molecule has 0 saturated heterocycles. The Bertz CT molecular complexity index is 1860. The highest BCUT2D eigenvalue weighted by atomic mass is 31.2. The minimum absolute atomic E-state index is 0.0834. The molecular formula is C71H134O17P2. The molecule has 90 heavy (non-hydrogen) atoms. The molecule has 5 atom stereocenters. The normalized spacial score (nSPS) is 14.4. The second kappa shape index (κ2) is 61.4. The standard InChI is InChI=1S/C71H134O17P2/c1-8-9-10-11-12-13-14-15-16-20-23-26-29-40-47-54-70(75)87-66(58-81-68(73)52-45-38-33-31-36-43-50-63(4)5)60-85-89(77,78)83-56-65(72)57-84-90(79,80)86-61-67(59-82-69(74)53-46-39-34-32-37-44-51-64(6)7)88-71(76)55-48-41-30-27-24-21-18-17-19-22-25-28-35-42-49-62(2)3/h13-16,62-67,72H,8-12,17-61H2,1-7H3,(H,77,78)(H,79,80)/b14-13-,16-15-/t65-,66+,67+/m0/s1. The van der Waals surface area contributed by atoms with Gasteiger partial charge in [0.1, 0.15) is 19.3 Å². The number of unbranched alkanes of at least 4 members (excludes halogenated alkanes) is 32. The van der Waals surface area contributed by atoms with Crippen LogP contribution in [0.2, 0.25) is 0 Å². The van der Waals surface area contributed by atoms with Gasteiger partial charge in [0.2, 0.25) is 0 Å². The van der Waals surface area contributed by atoms with Crippen LogP contribution in [-0.4, -0.2) is 96.7 Å². The van der Waals surface area contributed by atoms with E-state index in [0.717, 1.165) is 121 Å². The van der Waals surface area contributed by atoms with Crippen LogP contribution in [0, 0.1) is 17.8 Å². The Hall–Kier alpha value is -2.46. The van der Waals surface area contributed by atoms with Crippen LogP contribution in [-0.2, 0) is 65.4 Å². The molecule has 0 fully saturated rings. The maximum atomic E-state index is 13.0. The molecule has 0 heterocycles. The number of phosphoric ester groups is 2. The number of ether oxygens (including phenoxy) is 4. The zero-order valence-electron chi connectivity index (χ0n) is 58.1. The molecular weight excluding hydrogens is 1190 g/mol. The van der Waals surface area contributed by atoms with Crippen molar-refractivity contribution < 1.29 is 80.2 Å². The zero-order valence-corrected chi connectivity index (χ0v) is 59.9. The first-order valence-electron chi connectivity index (χ1n) is 36.2. The van der Waals surface area contributed by atoms with E-state index in [9.17, 15) is 43.2 Å². The summed E-state index contributed by atoms with van der Waals surface area (Å²) < 4.78 is 68.2. The van der Waals surface area contributed by atoms with Crippen LogP contribution in [0.4, 0.5) is 0 Å². The third-order valence-electron chi connectivity index (χ3n) is 15.8. The van der Waals surface area contributed by atoms with Crippen LogP contribution in [0.1, 0.15) is 331 Å². The molecule has 19 heteroatoms. The molecule has 0 aliphatic carbocycles. The Balaban J connectivity index is 5.24. The molecule has 0 bridgehead atoms. The zero-order chi connectivity index (χ0) is 66.6. The second-order valence-electron chi connectivity index (χ2n) is 26.4. The molecule has 0 aliphatic heterocycles. The number of hydrogen-bond donors (Lipinski definition) is 3. The molecule has 0 aliphatic rings. The van der Waals surface area contributed by atoms with Crippen LogP contribution >= 0.6 is 15.6 Å². The van der Waals surface area contributed by atoms with Crippen LogP contribution in [0.5, 0.6) is 0 Å². The number of carbonyl (C=O) groups excluding carboxylic acids is 4. The van der Waals surface area contributed by atoms with E-state index in [1.165, 1.54) is 116 Å². The fraction of sp³-hybridized carbons (Fsp3) is 0.887. The Kier molecular flexibility index (Phi) is 59.7. The minimum Gasteiger partial charge on any atom is -0.462 e. The van der Waals surface area contributed by atoms with E-state index in [0.29, 0.717) is 37.5 Å². The maximum Gasteiger partial charge on any atom is 0.472 e. The first-order chi connectivity index (χ1) is 43.2. The average Bonchev–Trinajstić information content (AvgIpc) is 3.69. The lowest BCUT2D eigenvalue weighted by molar-refractivity contribution is -0.161. The Morgan fingerprint density at radius 3 is 0.900 bits per heavy atom. The molecule has 17 nitrogen and oxygen atoms in total. The van der Waals surface area contributed by atoms with Crippen molar-refractivity contribution in [3.05, 3.63) is 24.3 Å². The lowest BCUT2D eigenvalue weighted by Gasteiger charge is -2.21. The summed E-state index contributed by atoms with van der Waals surface area (Å²) in [7, 11) is -9.91. The Morgan fingerprint density at radius 1 is 0.344 bits per heavy atom. The second-order valence-corrected chi connectivity index (χ2v) is 29.3. The van der Waals surface area contributed by atoms with Gasteiger partial charge < -0.3 is 33.8 Å². The van der Waals surface area contributed by atoms with Gasteiger partial charge in [-0.05, 0) is 69.1 Å². The molecule has 0 aromatic heterocycles. The van der Waals surface area contributed by atoms with Crippen molar-refractivity contribution in [3.63, 3.8) is 0 Å². The predicted molar refractivity (Wildman–Crippen MR) is 363 cm³/mol. The van der Waals surface area contributed by atoms with Gasteiger partial charge in [-0.2, -0.15) is 0 Å². The quantitative estimate of drug-likeness (QED) is 0.0169. The van der Waals surface area contributed by atoms with Crippen molar-refractivity contribution in [3.8, 4) is 0 Å². The van der Waals surface area contributed by atoms with Crippen molar-refractivity contribution in [1.82, 2.24) is 0 Å². The number of esters is 4. The van der Waals surface area contributed by atoms with Gasteiger partial charge in [0.05, 0.1) is 26.4 Å². The van der Waals surface area contributed by atoms with Crippen molar-refractivity contribution in [1.29, 1.82) is 0 Å². The molecule has 0 radical (unpaired) electrons. The van der Waals surface area contributed by atoms with Crippen LogP contribution in [0.15, 0.2) is 24.3 Å². The summed E-state index contributed by atoms with van der Waals surface area (Å²) in [6, 6.07) is 0. The van der Waals surface area contributed by atoms with Gasteiger partial charge in [-0.25, -0.2) is 9.13 Å². The number of rotatable bonds is 67. The van der Waals surface area contributed by atoms with Gasteiger partial charge in [0.15, 0.2) is 12.2 Å². The van der Waals surface area contributed by atoms with Crippen LogP contribution in [0.3, 0.4) is 0 Å². The number of carbonyl (C=O) groups is 4. The van der Waals surface area contributed by atoms with Gasteiger partial charge in [0, 0.05) is 25.7 Å². The predicted octanol–water partition coefficient (Wildman–Crippen LogP) is 19.8. The van der Waals surface area contributed by atoms with Gasteiger partial charge in [-0.3, -0.25) is 37.3 Å². The van der Waals surface area contributed by atoms with Crippen molar-refractivity contribution in [2.75, 3.05) is 39.6 Å². The molecule has 0 rings (SSSR count). The summed E-state index contributed by atoms with van der Waals surface area (Å²) in [5.41, 5.74) is 0. The maximum absolute atomic E-state index is 13.0. The van der Waals surface area contributed by atoms with E-state index in [1.807, 2.05) is 0 Å². The molecule has 0 spiro atoms. The molecule has 2 unspecified atom stereocenters. The summed E-state index contributed by atoms with van der Waals surface area (Å²) >= 11 is 0. The number of hydrogen-bond acceptors (Lipinski definition) is 15. The third-order valence-corrected chi connectivity index (χ3v) is 17.7.